The van der Waals surface area contributed by atoms with Crippen LogP contribution >= 0.6 is 15.9 Å². The first-order chi connectivity index (χ1) is 14.2. The minimum absolute atomic E-state index is 0.126. The third kappa shape index (κ3) is 5.19. The number of carbonyl (C=O) groups excluding carboxylic acids is 1. The molecule has 0 aliphatic carbocycles. The standard InChI is InChI=1S/C23H24BrNO4/c24-18-7-4-17(5-8-18)6-9-20(26)19-14-22-23(29-16-28-22)15-21(19)27-13-12-25-10-2-1-3-11-25/h4-9,14-15H,1-3,10-13,16H2/b9-6+. The molecule has 2 heterocycles. The predicted molar refractivity (Wildman–Crippen MR) is 116 cm³/mol. The first kappa shape index (κ1) is 20.0. The number of piperidine rings is 1. The number of ether oxygens (including phenoxy) is 3. The zero-order chi connectivity index (χ0) is 20.1. The van der Waals surface area contributed by atoms with Gasteiger partial charge < -0.3 is 14.2 Å². The summed E-state index contributed by atoms with van der Waals surface area (Å²) in [5.74, 6) is 1.61. The van der Waals surface area contributed by atoms with Crippen LogP contribution in [0.15, 0.2) is 46.9 Å². The molecule has 4 rings (SSSR count). The Morgan fingerprint density at radius 3 is 2.55 bits per heavy atom. The smallest absolute Gasteiger partial charge is 0.231 e. The van der Waals surface area contributed by atoms with Crippen LogP contribution in [0, 0.1) is 0 Å². The van der Waals surface area contributed by atoms with Crippen LogP contribution < -0.4 is 14.2 Å². The zero-order valence-corrected chi connectivity index (χ0v) is 17.8. The molecule has 0 bridgehead atoms. The summed E-state index contributed by atoms with van der Waals surface area (Å²) in [6, 6.07) is 11.3. The van der Waals surface area contributed by atoms with Gasteiger partial charge in [0.2, 0.25) is 6.79 Å². The topological polar surface area (TPSA) is 48.0 Å². The van der Waals surface area contributed by atoms with Gasteiger partial charge in [-0.2, -0.15) is 0 Å². The van der Waals surface area contributed by atoms with Crippen molar-refractivity contribution in [3.63, 3.8) is 0 Å². The summed E-state index contributed by atoms with van der Waals surface area (Å²) in [6.07, 6.45) is 7.17. The van der Waals surface area contributed by atoms with Crippen LogP contribution in [0.1, 0.15) is 35.2 Å². The second-order valence-corrected chi connectivity index (χ2v) is 8.12. The normalized spacial score (nSPS) is 16.3. The number of nitrogens with zero attached hydrogens (tertiary/aromatic N) is 1. The van der Waals surface area contributed by atoms with E-state index in [2.05, 4.69) is 20.8 Å². The van der Waals surface area contributed by atoms with E-state index >= 15 is 0 Å². The quantitative estimate of drug-likeness (QED) is 0.435. The molecule has 0 radical (unpaired) electrons. The molecule has 0 N–H and O–H groups in total. The lowest BCUT2D eigenvalue weighted by atomic mass is 10.1. The Labute approximate surface area is 179 Å². The van der Waals surface area contributed by atoms with E-state index in [9.17, 15) is 4.79 Å². The second kappa shape index (κ2) is 9.46. The fourth-order valence-electron chi connectivity index (χ4n) is 3.54. The molecule has 0 unspecified atom stereocenters. The first-order valence-electron chi connectivity index (χ1n) is 9.96. The minimum Gasteiger partial charge on any atom is -0.491 e. The van der Waals surface area contributed by atoms with E-state index in [1.807, 2.05) is 24.3 Å². The van der Waals surface area contributed by atoms with Gasteiger partial charge in [-0.3, -0.25) is 9.69 Å². The number of rotatable bonds is 7. The highest BCUT2D eigenvalue weighted by Crippen LogP contribution is 2.38. The maximum atomic E-state index is 12.9. The molecular weight excluding hydrogens is 434 g/mol. The van der Waals surface area contributed by atoms with Gasteiger partial charge in [-0.15, -0.1) is 0 Å². The van der Waals surface area contributed by atoms with Crippen LogP contribution in [-0.4, -0.2) is 43.7 Å². The van der Waals surface area contributed by atoms with E-state index in [1.54, 1.807) is 24.3 Å². The van der Waals surface area contributed by atoms with Crippen LogP contribution in [0.4, 0.5) is 0 Å². The maximum Gasteiger partial charge on any atom is 0.231 e. The van der Waals surface area contributed by atoms with Crippen molar-refractivity contribution in [1.82, 2.24) is 4.90 Å². The van der Waals surface area contributed by atoms with Crippen LogP contribution in [0.3, 0.4) is 0 Å². The summed E-state index contributed by atoms with van der Waals surface area (Å²) in [5.41, 5.74) is 1.44. The van der Waals surface area contributed by atoms with Gasteiger partial charge >= 0.3 is 0 Å². The summed E-state index contributed by atoms with van der Waals surface area (Å²) in [7, 11) is 0. The first-order valence-corrected chi connectivity index (χ1v) is 10.7. The molecule has 2 aliphatic rings. The summed E-state index contributed by atoms with van der Waals surface area (Å²) in [6.45, 7) is 3.79. The molecular formula is C23H24BrNO4. The van der Waals surface area contributed by atoms with Gasteiger partial charge in [0.1, 0.15) is 12.4 Å². The van der Waals surface area contributed by atoms with Gasteiger partial charge in [0.15, 0.2) is 17.3 Å². The zero-order valence-electron chi connectivity index (χ0n) is 16.2. The summed E-state index contributed by atoms with van der Waals surface area (Å²) >= 11 is 3.42. The Kier molecular flexibility index (Phi) is 6.52. The number of allylic oxidation sites excluding steroid dienone is 1. The summed E-state index contributed by atoms with van der Waals surface area (Å²) in [5, 5.41) is 0. The van der Waals surface area contributed by atoms with Crippen molar-refractivity contribution in [2.75, 3.05) is 33.0 Å². The van der Waals surface area contributed by atoms with Crippen LogP contribution in [0.2, 0.25) is 0 Å². The van der Waals surface area contributed by atoms with Crippen molar-refractivity contribution in [2.24, 2.45) is 0 Å². The lowest BCUT2D eigenvalue weighted by molar-refractivity contribution is 0.104. The number of hydrogen-bond donors (Lipinski definition) is 0. The molecule has 0 amide bonds. The van der Waals surface area contributed by atoms with Crippen LogP contribution in [0.25, 0.3) is 6.08 Å². The highest BCUT2D eigenvalue weighted by atomic mass is 79.9. The number of fused-ring (bicyclic) bond motifs is 1. The number of halogens is 1. The van der Waals surface area contributed by atoms with Crippen molar-refractivity contribution < 1.29 is 19.0 Å². The predicted octanol–water partition coefficient (Wildman–Crippen LogP) is 4.94. The molecule has 1 fully saturated rings. The van der Waals surface area contributed by atoms with Gasteiger partial charge in [0.25, 0.3) is 0 Å². The monoisotopic (exact) mass is 457 g/mol. The average Bonchev–Trinajstić information content (AvgIpc) is 3.21. The van der Waals surface area contributed by atoms with Crippen LogP contribution in [0.5, 0.6) is 17.2 Å². The number of likely N-dealkylation sites (tertiary alicyclic amines) is 1. The van der Waals surface area contributed by atoms with E-state index in [-0.39, 0.29) is 12.6 Å². The van der Waals surface area contributed by atoms with Gasteiger partial charge in [0.05, 0.1) is 5.56 Å². The van der Waals surface area contributed by atoms with E-state index in [0.717, 1.165) is 29.7 Å². The highest BCUT2D eigenvalue weighted by molar-refractivity contribution is 9.10. The number of carbonyl (C=O) groups is 1. The third-order valence-electron chi connectivity index (χ3n) is 5.15. The van der Waals surface area contributed by atoms with Gasteiger partial charge in [-0.25, -0.2) is 0 Å². The Balaban J connectivity index is 1.48. The molecule has 0 spiro atoms. The molecule has 2 aromatic rings. The van der Waals surface area contributed by atoms with Crippen molar-refractivity contribution in [3.8, 4) is 17.2 Å². The SMILES string of the molecule is O=C(/C=C/c1ccc(Br)cc1)c1cc2c(cc1OCCN1CCCCC1)OCO2. The van der Waals surface area contributed by atoms with Crippen molar-refractivity contribution in [2.45, 2.75) is 19.3 Å². The molecule has 6 heteroatoms. The molecule has 0 saturated carbocycles. The van der Waals surface area contributed by atoms with E-state index in [4.69, 9.17) is 14.2 Å². The Morgan fingerprint density at radius 2 is 1.79 bits per heavy atom. The van der Waals surface area contributed by atoms with Gasteiger partial charge in [-0.05, 0) is 55.8 Å². The summed E-state index contributed by atoms with van der Waals surface area (Å²) in [4.78, 5) is 15.3. The van der Waals surface area contributed by atoms with Crippen molar-refractivity contribution in [3.05, 3.63) is 58.1 Å². The molecule has 0 aromatic heterocycles. The Hall–Kier alpha value is -2.31. The minimum atomic E-state index is -0.126. The van der Waals surface area contributed by atoms with E-state index < -0.39 is 0 Å². The maximum absolute atomic E-state index is 12.9. The molecule has 152 valence electrons. The average molecular weight is 458 g/mol. The molecule has 2 aromatic carbocycles. The van der Waals surface area contributed by atoms with Gasteiger partial charge in [-0.1, -0.05) is 40.6 Å². The number of ketones is 1. The third-order valence-corrected chi connectivity index (χ3v) is 5.68. The van der Waals surface area contributed by atoms with Crippen molar-refractivity contribution in [1.29, 1.82) is 0 Å². The molecule has 0 atom stereocenters. The summed E-state index contributed by atoms with van der Waals surface area (Å²) < 4.78 is 17.9. The van der Waals surface area contributed by atoms with E-state index in [1.165, 1.54) is 19.3 Å². The van der Waals surface area contributed by atoms with Crippen LogP contribution in [-0.2, 0) is 0 Å². The fourth-order valence-corrected chi connectivity index (χ4v) is 3.80. The second-order valence-electron chi connectivity index (χ2n) is 7.20. The molecule has 2 aliphatic heterocycles. The fraction of sp³-hybridized carbons (Fsp3) is 0.348. The lowest BCUT2D eigenvalue weighted by Gasteiger charge is -2.26. The molecule has 1 saturated heterocycles. The number of benzene rings is 2. The largest absolute Gasteiger partial charge is 0.491 e. The highest BCUT2D eigenvalue weighted by Gasteiger charge is 2.21. The number of hydrogen-bond acceptors (Lipinski definition) is 5. The Morgan fingerprint density at radius 1 is 1.07 bits per heavy atom. The Bertz CT molecular complexity index is 888. The van der Waals surface area contributed by atoms with Gasteiger partial charge in [0, 0.05) is 17.1 Å². The lowest BCUT2D eigenvalue weighted by Crippen LogP contribution is -2.33. The molecule has 5 nitrogen and oxygen atoms in total. The van der Waals surface area contributed by atoms with Crippen molar-refractivity contribution >= 4 is 27.8 Å². The van der Waals surface area contributed by atoms with E-state index in [0.29, 0.717) is 29.4 Å². The molecule has 29 heavy (non-hydrogen) atoms.